The third-order valence-corrected chi connectivity index (χ3v) is 5.09. The minimum Gasteiger partial charge on any atom is -0.301 e. The molecule has 1 aromatic heterocycles. The van der Waals surface area contributed by atoms with Gasteiger partial charge in [0.15, 0.2) is 0 Å². The summed E-state index contributed by atoms with van der Waals surface area (Å²) in [5, 5.41) is 0.0346. The molecule has 1 atom stereocenters. The average Bonchev–Trinajstić information content (AvgIpc) is 2.86. The maximum atomic E-state index is 12.1. The molecule has 0 aliphatic carbocycles. The molecule has 6 nitrogen and oxygen atoms in total. The Labute approximate surface area is 124 Å². The number of nitrogens with zero attached hydrogens (tertiary/aromatic N) is 3. The van der Waals surface area contributed by atoms with Crippen molar-refractivity contribution in [2.45, 2.75) is 31.2 Å². The number of rotatable bonds is 5. The molecule has 0 spiro atoms. The van der Waals surface area contributed by atoms with Gasteiger partial charge in [-0.25, -0.2) is 23.1 Å². The molecule has 1 fully saturated rings. The number of hydrogen-bond donors (Lipinski definition) is 1. The smallest absolute Gasteiger partial charge is 0.243 e. The molecular weight excluding hydrogens is 300 g/mol. The Balaban J connectivity index is 1.92. The highest BCUT2D eigenvalue weighted by molar-refractivity contribution is 7.89. The molecule has 20 heavy (non-hydrogen) atoms. The quantitative estimate of drug-likeness (QED) is 0.824. The van der Waals surface area contributed by atoms with Gasteiger partial charge in [-0.05, 0) is 44.3 Å². The van der Waals surface area contributed by atoms with E-state index in [-0.39, 0.29) is 10.2 Å². The molecule has 2 heterocycles. The van der Waals surface area contributed by atoms with Crippen LogP contribution in [0, 0.1) is 5.92 Å². The van der Waals surface area contributed by atoms with E-state index in [1.807, 2.05) is 0 Å². The monoisotopic (exact) mass is 318 g/mol. The summed E-state index contributed by atoms with van der Waals surface area (Å²) in [6.07, 6.45) is 3.44. The maximum absolute atomic E-state index is 12.1. The van der Waals surface area contributed by atoms with Crippen molar-refractivity contribution in [3.63, 3.8) is 0 Å². The van der Waals surface area contributed by atoms with Gasteiger partial charge in [0.05, 0.1) is 12.4 Å². The van der Waals surface area contributed by atoms with Crippen LogP contribution in [0.1, 0.15) is 20.3 Å². The summed E-state index contributed by atoms with van der Waals surface area (Å²) in [4.78, 5) is 9.77. The predicted octanol–water partition coefficient (Wildman–Crippen LogP) is 1.14. The summed E-state index contributed by atoms with van der Waals surface area (Å²) >= 11 is 5.55. The topological polar surface area (TPSA) is 75.2 Å². The van der Waals surface area contributed by atoms with Crippen LogP contribution in [0.25, 0.3) is 0 Å². The van der Waals surface area contributed by atoms with Gasteiger partial charge >= 0.3 is 0 Å². The van der Waals surface area contributed by atoms with E-state index in [1.54, 1.807) is 0 Å². The van der Waals surface area contributed by atoms with Crippen molar-refractivity contribution < 1.29 is 8.42 Å². The van der Waals surface area contributed by atoms with Crippen LogP contribution in [0.2, 0.25) is 5.28 Å². The number of halogens is 1. The van der Waals surface area contributed by atoms with E-state index < -0.39 is 10.0 Å². The first-order valence-corrected chi connectivity index (χ1v) is 8.46. The lowest BCUT2D eigenvalue weighted by Crippen LogP contribution is -2.33. The summed E-state index contributed by atoms with van der Waals surface area (Å²) in [7, 11) is -3.55. The number of likely N-dealkylation sites (tertiary alicyclic amines) is 1. The van der Waals surface area contributed by atoms with Crippen molar-refractivity contribution in [2.75, 3.05) is 19.6 Å². The van der Waals surface area contributed by atoms with Crippen LogP contribution in [-0.2, 0) is 10.0 Å². The molecule has 8 heteroatoms. The van der Waals surface area contributed by atoms with E-state index >= 15 is 0 Å². The molecule has 112 valence electrons. The SMILES string of the molecule is CC(C)N1CCC(CNS(=O)(=O)c2cnc(Cl)nc2)C1. The lowest BCUT2D eigenvalue weighted by molar-refractivity contribution is 0.265. The third-order valence-electron chi connectivity index (χ3n) is 3.52. The zero-order valence-corrected chi connectivity index (χ0v) is 13.2. The first kappa shape index (κ1) is 15.6. The Kier molecular flexibility index (Phi) is 4.95. The van der Waals surface area contributed by atoms with Crippen molar-refractivity contribution in [1.82, 2.24) is 19.6 Å². The Morgan fingerprint density at radius 2 is 2.10 bits per heavy atom. The van der Waals surface area contributed by atoms with Crippen molar-refractivity contribution in [3.8, 4) is 0 Å². The lowest BCUT2D eigenvalue weighted by Gasteiger charge is -2.20. The van der Waals surface area contributed by atoms with E-state index in [9.17, 15) is 8.42 Å². The van der Waals surface area contributed by atoms with Gasteiger partial charge in [-0.15, -0.1) is 0 Å². The largest absolute Gasteiger partial charge is 0.301 e. The minimum absolute atomic E-state index is 0.0346. The zero-order valence-electron chi connectivity index (χ0n) is 11.6. The Morgan fingerprint density at radius 3 is 2.65 bits per heavy atom. The number of sulfonamides is 1. The van der Waals surface area contributed by atoms with Crippen LogP contribution >= 0.6 is 11.6 Å². The fraction of sp³-hybridized carbons (Fsp3) is 0.667. The van der Waals surface area contributed by atoms with Gasteiger partial charge in [0.2, 0.25) is 15.3 Å². The fourth-order valence-electron chi connectivity index (χ4n) is 2.25. The summed E-state index contributed by atoms with van der Waals surface area (Å²) in [5.41, 5.74) is 0. The molecule has 0 aromatic carbocycles. The molecule has 1 N–H and O–H groups in total. The molecule has 1 unspecified atom stereocenters. The first-order valence-electron chi connectivity index (χ1n) is 6.60. The molecule has 1 aliphatic rings. The molecule has 2 rings (SSSR count). The van der Waals surface area contributed by atoms with E-state index in [4.69, 9.17) is 11.6 Å². The van der Waals surface area contributed by atoms with Crippen LogP contribution in [0.5, 0.6) is 0 Å². The molecule has 1 aliphatic heterocycles. The van der Waals surface area contributed by atoms with Crippen molar-refractivity contribution in [1.29, 1.82) is 0 Å². The third kappa shape index (κ3) is 3.88. The normalized spacial score (nSPS) is 20.7. The summed E-state index contributed by atoms with van der Waals surface area (Å²) < 4.78 is 26.8. The highest BCUT2D eigenvalue weighted by Crippen LogP contribution is 2.18. The zero-order chi connectivity index (χ0) is 14.8. The maximum Gasteiger partial charge on any atom is 0.243 e. The van der Waals surface area contributed by atoms with Crippen molar-refractivity contribution >= 4 is 21.6 Å². The Morgan fingerprint density at radius 1 is 1.45 bits per heavy atom. The predicted molar refractivity (Wildman–Crippen MR) is 77.0 cm³/mol. The molecule has 1 saturated heterocycles. The summed E-state index contributed by atoms with van der Waals surface area (Å²) in [6, 6.07) is 0.501. The van der Waals surface area contributed by atoms with Gasteiger partial charge in [0, 0.05) is 19.1 Å². The van der Waals surface area contributed by atoms with E-state index in [1.165, 1.54) is 12.4 Å². The van der Waals surface area contributed by atoms with Gasteiger partial charge in [-0.2, -0.15) is 0 Å². The molecule has 0 radical (unpaired) electrons. The highest BCUT2D eigenvalue weighted by Gasteiger charge is 2.25. The van der Waals surface area contributed by atoms with Gasteiger partial charge in [0.1, 0.15) is 4.90 Å². The highest BCUT2D eigenvalue weighted by atomic mass is 35.5. The average molecular weight is 319 g/mol. The molecule has 0 bridgehead atoms. The first-order chi connectivity index (χ1) is 9.38. The second-order valence-electron chi connectivity index (χ2n) is 5.28. The van der Waals surface area contributed by atoms with Crippen LogP contribution in [0.4, 0.5) is 0 Å². The molecule has 1 aromatic rings. The van der Waals surface area contributed by atoms with Crippen molar-refractivity contribution in [3.05, 3.63) is 17.7 Å². The minimum atomic E-state index is -3.55. The number of aromatic nitrogens is 2. The van der Waals surface area contributed by atoms with Crippen molar-refractivity contribution in [2.24, 2.45) is 5.92 Å². The van der Waals surface area contributed by atoms with E-state index in [2.05, 4.69) is 33.4 Å². The van der Waals surface area contributed by atoms with Gasteiger partial charge in [-0.1, -0.05) is 0 Å². The lowest BCUT2D eigenvalue weighted by atomic mass is 10.1. The molecule has 0 saturated carbocycles. The number of nitrogens with one attached hydrogen (secondary N) is 1. The van der Waals surface area contributed by atoms with Crippen LogP contribution in [0.3, 0.4) is 0 Å². The van der Waals surface area contributed by atoms with Crippen LogP contribution in [0.15, 0.2) is 17.3 Å². The van der Waals surface area contributed by atoms with Crippen LogP contribution < -0.4 is 4.72 Å². The van der Waals surface area contributed by atoms with Gasteiger partial charge in [-0.3, -0.25) is 0 Å². The Bertz CT molecular complexity index is 547. The fourth-order valence-corrected chi connectivity index (χ4v) is 3.35. The second-order valence-corrected chi connectivity index (χ2v) is 7.39. The van der Waals surface area contributed by atoms with Crippen LogP contribution in [-0.4, -0.2) is 49.0 Å². The Hall–Kier alpha value is -0.760. The van der Waals surface area contributed by atoms with Gasteiger partial charge in [0.25, 0.3) is 0 Å². The molecule has 0 amide bonds. The van der Waals surface area contributed by atoms with E-state index in [0.29, 0.717) is 18.5 Å². The van der Waals surface area contributed by atoms with E-state index in [0.717, 1.165) is 19.5 Å². The standard InChI is InChI=1S/C12H19ClN4O2S/c1-9(2)17-4-3-10(8-17)5-16-20(18,19)11-6-14-12(13)15-7-11/h6-7,9-10,16H,3-5,8H2,1-2H3. The second kappa shape index (κ2) is 6.34. The summed E-state index contributed by atoms with van der Waals surface area (Å²) in [6.45, 7) is 6.69. The van der Waals surface area contributed by atoms with Gasteiger partial charge < -0.3 is 4.90 Å². The number of hydrogen-bond acceptors (Lipinski definition) is 5. The molecular formula is C12H19ClN4O2S. The summed E-state index contributed by atoms with van der Waals surface area (Å²) in [5.74, 6) is 0.348.